The highest BCUT2D eigenvalue weighted by atomic mass is 32.2. The number of carbonyl (C=O) groups excluding carboxylic acids is 2. The van der Waals surface area contributed by atoms with Crippen molar-refractivity contribution in [2.75, 3.05) is 18.1 Å². The van der Waals surface area contributed by atoms with Gasteiger partial charge in [-0.05, 0) is 60.5 Å². The van der Waals surface area contributed by atoms with E-state index in [1.54, 1.807) is 19.1 Å². The van der Waals surface area contributed by atoms with Crippen LogP contribution in [0.5, 0.6) is 0 Å². The van der Waals surface area contributed by atoms with E-state index in [-0.39, 0.29) is 23.3 Å². The highest BCUT2D eigenvalue weighted by molar-refractivity contribution is 8.00. The maximum absolute atomic E-state index is 14.3. The lowest BCUT2D eigenvalue weighted by molar-refractivity contribution is -0.129. The minimum absolute atomic E-state index is 0.0621. The summed E-state index contributed by atoms with van der Waals surface area (Å²) in [6.45, 7) is 1.66. The molecule has 2 amide bonds. The average molecular weight is 483 g/mol. The Morgan fingerprint density at radius 2 is 1.94 bits per heavy atom. The first-order valence-electron chi connectivity index (χ1n) is 11.3. The highest BCUT2D eigenvalue weighted by Crippen LogP contribution is 2.27. The Bertz CT molecular complexity index is 1180. The van der Waals surface area contributed by atoms with Crippen LogP contribution < -0.4 is 5.32 Å². The van der Waals surface area contributed by atoms with E-state index < -0.39 is 5.82 Å². The van der Waals surface area contributed by atoms with Gasteiger partial charge in [-0.1, -0.05) is 31.4 Å². The van der Waals surface area contributed by atoms with Gasteiger partial charge in [0.1, 0.15) is 11.5 Å². The first-order chi connectivity index (χ1) is 16.4. The molecule has 4 rings (SSSR count). The van der Waals surface area contributed by atoms with Crippen molar-refractivity contribution in [2.24, 2.45) is 0 Å². The summed E-state index contributed by atoms with van der Waals surface area (Å²) in [6, 6.07) is 11.7. The highest BCUT2D eigenvalue weighted by Gasteiger charge is 2.22. The second-order valence-corrected chi connectivity index (χ2v) is 9.36. The SMILES string of the molecule is Cc1nnnn1-c1cc(NC(=O)c2ccccc2SCC(=O)N(C)C2CCCCC2)ccc1F. The molecule has 8 nitrogen and oxygen atoms in total. The zero-order valence-corrected chi connectivity index (χ0v) is 20.0. The summed E-state index contributed by atoms with van der Waals surface area (Å²) in [5, 5.41) is 13.9. The molecule has 0 saturated heterocycles. The number of tetrazole rings is 1. The normalized spacial score (nSPS) is 14.1. The van der Waals surface area contributed by atoms with Crippen molar-refractivity contribution in [3.63, 3.8) is 0 Å². The van der Waals surface area contributed by atoms with Crippen LogP contribution in [0.3, 0.4) is 0 Å². The van der Waals surface area contributed by atoms with Crippen LogP contribution >= 0.6 is 11.8 Å². The first kappa shape index (κ1) is 23.9. The second-order valence-electron chi connectivity index (χ2n) is 8.34. The smallest absolute Gasteiger partial charge is 0.256 e. The Balaban J connectivity index is 1.45. The van der Waals surface area contributed by atoms with Crippen LogP contribution in [0, 0.1) is 12.7 Å². The topological polar surface area (TPSA) is 93.0 Å². The molecular weight excluding hydrogens is 455 g/mol. The lowest BCUT2D eigenvalue weighted by Gasteiger charge is -2.31. The van der Waals surface area contributed by atoms with Crippen LogP contribution in [-0.2, 0) is 4.79 Å². The van der Waals surface area contributed by atoms with Crippen LogP contribution in [0.25, 0.3) is 5.69 Å². The van der Waals surface area contributed by atoms with Gasteiger partial charge in [0.2, 0.25) is 5.91 Å². The minimum Gasteiger partial charge on any atom is -0.342 e. The molecular formula is C24H27FN6O2S. The first-order valence-corrected chi connectivity index (χ1v) is 12.3. The van der Waals surface area contributed by atoms with E-state index in [0.717, 1.165) is 25.7 Å². The molecule has 1 N–H and O–H groups in total. The zero-order chi connectivity index (χ0) is 24.1. The number of thioether (sulfide) groups is 1. The summed E-state index contributed by atoms with van der Waals surface area (Å²) in [5.74, 6) is -0.109. The molecule has 0 unspecified atom stereocenters. The summed E-state index contributed by atoms with van der Waals surface area (Å²) in [7, 11) is 1.87. The fraction of sp³-hybridized carbons (Fsp3) is 0.375. The van der Waals surface area contributed by atoms with E-state index in [2.05, 4.69) is 20.8 Å². The second kappa shape index (κ2) is 10.8. The van der Waals surface area contributed by atoms with Gasteiger partial charge < -0.3 is 10.2 Å². The molecule has 2 aromatic carbocycles. The Morgan fingerprint density at radius 3 is 2.68 bits per heavy atom. The van der Waals surface area contributed by atoms with E-state index in [1.165, 1.54) is 41.1 Å². The lowest BCUT2D eigenvalue weighted by Crippen LogP contribution is -2.39. The maximum atomic E-state index is 14.3. The average Bonchev–Trinajstić information content (AvgIpc) is 3.29. The Hall–Kier alpha value is -3.27. The molecule has 0 atom stereocenters. The summed E-state index contributed by atoms with van der Waals surface area (Å²) in [4.78, 5) is 28.4. The van der Waals surface area contributed by atoms with Crippen molar-refractivity contribution < 1.29 is 14.0 Å². The van der Waals surface area contributed by atoms with Crippen molar-refractivity contribution in [3.05, 3.63) is 59.7 Å². The van der Waals surface area contributed by atoms with E-state index in [9.17, 15) is 14.0 Å². The standard InChI is InChI=1S/C24H27FN6O2S/c1-16-27-28-29-31(16)21-14-17(12-13-20(21)25)26-24(33)19-10-6-7-11-22(19)34-15-23(32)30(2)18-8-4-3-5-9-18/h6-7,10-14,18H,3-5,8-9,15H2,1-2H3,(H,26,33). The number of rotatable bonds is 7. The van der Waals surface area contributed by atoms with E-state index in [1.807, 2.05) is 24.1 Å². The fourth-order valence-corrected chi connectivity index (χ4v) is 5.07. The van der Waals surface area contributed by atoms with Gasteiger partial charge in [0.05, 0.1) is 11.3 Å². The van der Waals surface area contributed by atoms with Gasteiger partial charge in [0.15, 0.2) is 5.82 Å². The van der Waals surface area contributed by atoms with E-state index >= 15 is 0 Å². The van der Waals surface area contributed by atoms with Crippen molar-refractivity contribution in [1.29, 1.82) is 0 Å². The number of aryl methyl sites for hydroxylation is 1. The molecule has 3 aromatic rings. The van der Waals surface area contributed by atoms with Gasteiger partial charge in [-0.2, -0.15) is 4.68 Å². The number of halogens is 1. The van der Waals surface area contributed by atoms with Crippen LogP contribution in [0.15, 0.2) is 47.4 Å². The van der Waals surface area contributed by atoms with Crippen molar-refractivity contribution in [1.82, 2.24) is 25.1 Å². The predicted molar refractivity (Wildman–Crippen MR) is 129 cm³/mol. The van der Waals surface area contributed by atoms with Crippen LogP contribution in [-0.4, -0.2) is 55.8 Å². The molecule has 1 heterocycles. The van der Waals surface area contributed by atoms with Gasteiger partial charge in [-0.3, -0.25) is 9.59 Å². The molecule has 178 valence electrons. The number of benzene rings is 2. The van der Waals surface area contributed by atoms with Crippen LogP contribution in [0.2, 0.25) is 0 Å². The number of nitrogens with zero attached hydrogens (tertiary/aromatic N) is 5. The minimum atomic E-state index is -0.509. The third kappa shape index (κ3) is 5.44. The molecule has 1 aliphatic rings. The van der Waals surface area contributed by atoms with Crippen molar-refractivity contribution in [3.8, 4) is 5.69 Å². The number of aromatic nitrogens is 4. The van der Waals surface area contributed by atoms with Crippen molar-refractivity contribution in [2.45, 2.75) is 50.0 Å². The Morgan fingerprint density at radius 1 is 1.18 bits per heavy atom. The summed E-state index contributed by atoms with van der Waals surface area (Å²) >= 11 is 1.35. The molecule has 10 heteroatoms. The van der Waals surface area contributed by atoms with E-state index in [4.69, 9.17) is 0 Å². The van der Waals surface area contributed by atoms with Gasteiger partial charge in [-0.25, -0.2) is 4.39 Å². The van der Waals surface area contributed by atoms with E-state index in [0.29, 0.717) is 28.0 Å². The van der Waals surface area contributed by atoms with Gasteiger partial charge in [0, 0.05) is 23.7 Å². The molecule has 1 aromatic heterocycles. The molecule has 0 radical (unpaired) electrons. The van der Waals surface area contributed by atoms with Gasteiger partial charge in [-0.15, -0.1) is 16.9 Å². The quantitative estimate of drug-likeness (QED) is 0.506. The molecule has 0 bridgehead atoms. The fourth-order valence-electron chi connectivity index (χ4n) is 4.10. The zero-order valence-electron chi connectivity index (χ0n) is 19.2. The van der Waals surface area contributed by atoms with Gasteiger partial charge in [0.25, 0.3) is 5.91 Å². The Kier molecular flexibility index (Phi) is 7.56. The van der Waals surface area contributed by atoms with Crippen molar-refractivity contribution >= 4 is 29.3 Å². The number of amides is 2. The lowest BCUT2D eigenvalue weighted by atomic mass is 9.94. The molecule has 1 fully saturated rings. The maximum Gasteiger partial charge on any atom is 0.256 e. The number of hydrogen-bond acceptors (Lipinski definition) is 6. The predicted octanol–water partition coefficient (Wildman–Crippen LogP) is 4.25. The number of anilines is 1. The molecule has 1 aliphatic carbocycles. The third-order valence-corrected chi connectivity index (χ3v) is 7.11. The summed E-state index contributed by atoms with van der Waals surface area (Å²) in [6.07, 6.45) is 5.67. The molecule has 1 saturated carbocycles. The monoisotopic (exact) mass is 482 g/mol. The Labute approximate surface area is 201 Å². The van der Waals surface area contributed by atoms with Gasteiger partial charge >= 0.3 is 0 Å². The number of hydrogen-bond donors (Lipinski definition) is 1. The third-order valence-electron chi connectivity index (χ3n) is 6.06. The molecule has 0 aliphatic heterocycles. The summed E-state index contributed by atoms with van der Waals surface area (Å²) < 4.78 is 15.6. The largest absolute Gasteiger partial charge is 0.342 e. The van der Waals surface area contributed by atoms with Crippen LogP contribution in [0.1, 0.15) is 48.3 Å². The summed E-state index contributed by atoms with van der Waals surface area (Å²) in [5.41, 5.74) is 0.994. The molecule has 34 heavy (non-hydrogen) atoms. The molecule has 0 spiro atoms. The van der Waals surface area contributed by atoms with Crippen LogP contribution in [0.4, 0.5) is 10.1 Å². The number of carbonyl (C=O) groups is 2. The number of nitrogens with one attached hydrogen (secondary N) is 1.